The number of hydrogen-bond donors (Lipinski definition) is 1. The Morgan fingerprint density at radius 3 is 2.48 bits per heavy atom. The van der Waals surface area contributed by atoms with Crippen molar-refractivity contribution in [3.8, 4) is 17.1 Å². The molecule has 8 heteroatoms. The van der Waals surface area contributed by atoms with Gasteiger partial charge in [-0.2, -0.15) is 0 Å². The van der Waals surface area contributed by atoms with Crippen LogP contribution in [0.25, 0.3) is 17.1 Å². The highest BCUT2D eigenvalue weighted by molar-refractivity contribution is 7.99. The van der Waals surface area contributed by atoms with Crippen LogP contribution in [-0.2, 0) is 4.79 Å². The van der Waals surface area contributed by atoms with E-state index in [0.717, 1.165) is 28.1 Å². The fourth-order valence-corrected chi connectivity index (χ4v) is 4.58. The van der Waals surface area contributed by atoms with Crippen LogP contribution < -0.4 is 5.32 Å². The molecule has 0 unspecified atom stereocenters. The summed E-state index contributed by atoms with van der Waals surface area (Å²) in [4.78, 5) is 12.7. The number of hydrogen-bond acceptors (Lipinski definition) is 4. The number of anilines is 1. The summed E-state index contributed by atoms with van der Waals surface area (Å²) in [5.74, 6) is 0.655. The van der Waals surface area contributed by atoms with Gasteiger partial charge in [-0.05, 0) is 68.3 Å². The summed E-state index contributed by atoms with van der Waals surface area (Å²) in [6.07, 6.45) is 0. The van der Waals surface area contributed by atoms with Gasteiger partial charge < -0.3 is 5.32 Å². The number of aryl methyl sites for hydroxylation is 2. The number of nitrogens with one attached hydrogen (secondary N) is 1. The van der Waals surface area contributed by atoms with E-state index in [2.05, 4.69) is 15.5 Å². The molecule has 0 radical (unpaired) electrons. The third kappa shape index (κ3) is 5.24. The topological polar surface area (TPSA) is 59.8 Å². The summed E-state index contributed by atoms with van der Waals surface area (Å²) in [6, 6.07) is 19.1. The maximum atomic E-state index is 12.7. The van der Waals surface area contributed by atoms with Crippen LogP contribution in [-0.4, -0.2) is 26.4 Å². The number of thioether (sulfide) groups is 1. The highest BCUT2D eigenvalue weighted by Gasteiger charge is 2.19. The van der Waals surface area contributed by atoms with E-state index in [4.69, 9.17) is 23.2 Å². The second-order valence-electron chi connectivity index (χ2n) is 7.69. The number of amides is 1. The van der Waals surface area contributed by atoms with Gasteiger partial charge in [0.15, 0.2) is 11.0 Å². The van der Waals surface area contributed by atoms with Crippen molar-refractivity contribution >= 4 is 46.6 Å². The van der Waals surface area contributed by atoms with Gasteiger partial charge in [-0.15, -0.1) is 10.2 Å². The maximum Gasteiger partial charge on any atom is 0.234 e. The second-order valence-corrected chi connectivity index (χ2v) is 9.47. The highest BCUT2D eigenvalue weighted by Crippen LogP contribution is 2.33. The SMILES string of the molecule is Cc1ccc(-n2c(SCC(=O)Nc3cccc(C)c3C)nnc2-c2ccc(Cl)cc2Cl)cc1. The molecule has 1 heterocycles. The van der Waals surface area contributed by atoms with Gasteiger partial charge in [0, 0.05) is 22.0 Å². The first-order valence-electron chi connectivity index (χ1n) is 10.3. The van der Waals surface area contributed by atoms with Gasteiger partial charge >= 0.3 is 0 Å². The Balaban J connectivity index is 1.64. The normalized spacial score (nSPS) is 10.9. The first-order valence-corrected chi connectivity index (χ1v) is 12.0. The van der Waals surface area contributed by atoms with Crippen molar-refractivity contribution in [1.82, 2.24) is 14.8 Å². The van der Waals surface area contributed by atoms with E-state index in [1.165, 1.54) is 11.8 Å². The Bertz CT molecular complexity index is 1320. The largest absolute Gasteiger partial charge is 0.325 e. The van der Waals surface area contributed by atoms with E-state index in [9.17, 15) is 4.79 Å². The molecule has 1 N–H and O–H groups in total. The van der Waals surface area contributed by atoms with Crippen LogP contribution in [0.4, 0.5) is 5.69 Å². The molecule has 0 saturated carbocycles. The van der Waals surface area contributed by atoms with Crippen molar-refractivity contribution in [2.75, 3.05) is 11.1 Å². The fourth-order valence-electron chi connectivity index (χ4n) is 3.34. The summed E-state index contributed by atoms with van der Waals surface area (Å²) in [5.41, 5.74) is 5.72. The van der Waals surface area contributed by atoms with Crippen LogP contribution in [0.5, 0.6) is 0 Å². The molecule has 0 bridgehead atoms. The van der Waals surface area contributed by atoms with Gasteiger partial charge in [0.05, 0.1) is 10.8 Å². The quantitative estimate of drug-likeness (QED) is 0.295. The Labute approximate surface area is 207 Å². The van der Waals surface area contributed by atoms with E-state index in [-0.39, 0.29) is 11.7 Å². The van der Waals surface area contributed by atoms with Crippen LogP contribution in [0.15, 0.2) is 65.8 Å². The van der Waals surface area contributed by atoms with Crippen molar-refractivity contribution < 1.29 is 4.79 Å². The lowest BCUT2D eigenvalue weighted by Gasteiger charge is -2.12. The first-order chi connectivity index (χ1) is 15.8. The molecule has 0 saturated heterocycles. The van der Waals surface area contributed by atoms with Crippen LogP contribution in [0, 0.1) is 20.8 Å². The minimum atomic E-state index is -0.113. The fraction of sp³-hybridized carbons (Fsp3) is 0.160. The van der Waals surface area contributed by atoms with Crippen LogP contribution in [0.3, 0.4) is 0 Å². The summed E-state index contributed by atoms with van der Waals surface area (Å²) in [7, 11) is 0. The molecule has 0 atom stereocenters. The van der Waals surface area contributed by atoms with Gasteiger partial charge in [0.2, 0.25) is 5.91 Å². The smallest absolute Gasteiger partial charge is 0.234 e. The minimum absolute atomic E-state index is 0.113. The van der Waals surface area contributed by atoms with Crippen molar-refractivity contribution in [3.63, 3.8) is 0 Å². The van der Waals surface area contributed by atoms with Crippen molar-refractivity contribution in [3.05, 3.63) is 87.4 Å². The molecule has 3 aromatic carbocycles. The molecule has 4 aromatic rings. The molecule has 0 spiro atoms. The summed E-state index contributed by atoms with van der Waals surface area (Å²) in [5, 5.41) is 13.4. The van der Waals surface area contributed by atoms with Gasteiger partial charge in [-0.25, -0.2) is 0 Å². The summed E-state index contributed by atoms with van der Waals surface area (Å²) >= 11 is 13.9. The Kier molecular flexibility index (Phi) is 7.08. The number of carbonyl (C=O) groups excluding carboxylic acids is 1. The third-order valence-electron chi connectivity index (χ3n) is 5.31. The van der Waals surface area contributed by atoms with Crippen LogP contribution in [0.1, 0.15) is 16.7 Å². The molecule has 0 aliphatic carbocycles. The molecule has 0 fully saturated rings. The molecule has 0 aliphatic rings. The van der Waals surface area contributed by atoms with E-state index in [1.54, 1.807) is 12.1 Å². The lowest BCUT2D eigenvalue weighted by molar-refractivity contribution is -0.113. The maximum absolute atomic E-state index is 12.7. The van der Waals surface area contributed by atoms with Gasteiger partial charge in [-0.1, -0.05) is 64.8 Å². The van der Waals surface area contributed by atoms with Crippen LogP contribution >= 0.6 is 35.0 Å². The average Bonchev–Trinajstić information content (AvgIpc) is 3.19. The van der Waals surface area contributed by atoms with E-state index in [1.807, 2.05) is 73.9 Å². The monoisotopic (exact) mass is 496 g/mol. The molecule has 1 aromatic heterocycles. The first kappa shape index (κ1) is 23.4. The predicted octanol–water partition coefficient (Wildman–Crippen LogP) is 6.90. The van der Waals surface area contributed by atoms with E-state index >= 15 is 0 Å². The zero-order valence-corrected chi connectivity index (χ0v) is 20.7. The molecule has 0 aliphatic heterocycles. The standard InChI is InChI=1S/C25H22Cl2N4OS/c1-15-7-10-19(11-8-15)31-24(20-12-9-18(26)13-21(20)27)29-30-25(31)33-14-23(32)28-22-6-4-5-16(2)17(22)3/h4-13H,14H2,1-3H3,(H,28,32). The van der Waals surface area contributed by atoms with Gasteiger partial charge in [-0.3, -0.25) is 9.36 Å². The molecule has 168 valence electrons. The molecule has 1 amide bonds. The third-order valence-corrected chi connectivity index (χ3v) is 6.79. The Morgan fingerprint density at radius 1 is 1.00 bits per heavy atom. The minimum Gasteiger partial charge on any atom is -0.325 e. The van der Waals surface area contributed by atoms with E-state index < -0.39 is 0 Å². The zero-order chi connectivity index (χ0) is 23.5. The van der Waals surface area contributed by atoms with Crippen molar-refractivity contribution in [1.29, 1.82) is 0 Å². The molecule has 33 heavy (non-hydrogen) atoms. The van der Waals surface area contributed by atoms with Crippen LogP contribution in [0.2, 0.25) is 10.0 Å². The lowest BCUT2D eigenvalue weighted by Crippen LogP contribution is -2.15. The number of nitrogens with zero attached hydrogens (tertiary/aromatic N) is 3. The van der Waals surface area contributed by atoms with E-state index in [0.29, 0.717) is 26.6 Å². The Morgan fingerprint density at radius 2 is 1.76 bits per heavy atom. The van der Waals surface area contributed by atoms with Gasteiger partial charge in [0.25, 0.3) is 0 Å². The Hall–Kier alpha value is -2.80. The zero-order valence-electron chi connectivity index (χ0n) is 18.4. The number of aromatic nitrogens is 3. The highest BCUT2D eigenvalue weighted by atomic mass is 35.5. The molecule has 5 nitrogen and oxygen atoms in total. The number of carbonyl (C=O) groups is 1. The number of halogens is 2. The lowest BCUT2D eigenvalue weighted by atomic mass is 10.1. The molecular weight excluding hydrogens is 475 g/mol. The summed E-state index contributed by atoms with van der Waals surface area (Å²) < 4.78 is 1.91. The van der Waals surface area contributed by atoms with Crippen molar-refractivity contribution in [2.45, 2.75) is 25.9 Å². The average molecular weight is 497 g/mol. The second kappa shape index (κ2) is 10.00. The summed E-state index contributed by atoms with van der Waals surface area (Å²) in [6.45, 7) is 6.04. The van der Waals surface area contributed by atoms with Crippen molar-refractivity contribution in [2.24, 2.45) is 0 Å². The molecular formula is C25H22Cl2N4OS. The van der Waals surface area contributed by atoms with Gasteiger partial charge in [0.1, 0.15) is 0 Å². The number of rotatable bonds is 6. The molecule has 4 rings (SSSR count). The number of benzene rings is 3. The predicted molar refractivity (Wildman–Crippen MR) is 137 cm³/mol.